The van der Waals surface area contributed by atoms with E-state index < -0.39 is 29.1 Å². The maximum absolute atomic E-state index is 14.4. The van der Waals surface area contributed by atoms with Crippen molar-refractivity contribution in [2.45, 2.75) is 65.1 Å². The van der Waals surface area contributed by atoms with Crippen LogP contribution in [0.2, 0.25) is 5.02 Å². The van der Waals surface area contributed by atoms with Gasteiger partial charge in [-0.1, -0.05) is 44.7 Å². The van der Waals surface area contributed by atoms with Gasteiger partial charge in [0.05, 0.1) is 23.1 Å². The molecule has 0 unspecified atom stereocenters. The lowest BCUT2D eigenvalue weighted by molar-refractivity contribution is -0.154. The van der Waals surface area contributed by atoms with E-state index in [0.717, 1.165) is 38.5 Å². The number of fused-ring (bicyclic) bond motifs is 1. The molecule has 11 heteroatoms. The summed E-state index contributed by atoms with van der Waals surface area (Å²) in [4.78, 5) is 28.9. The number of carbonyl (C=O) groups excluding carboxylic acids is 1. The molecule has 0 radical (unpaired) electrons. The summed E-state index contributed by atoms with van der Waals surface area (Å²) in [5, 5.41) is 0.211. The predicted octanol–water partition coefficient (Wildman–Crippen LogP) is 9.67. The van der Waals surface area contributed by atoms with Crippen molar-refractivity contribution < 1.29 is 36.6 Å². The van der Waals surface area contributed by atoms with Crippen LogP contribution in [-0.4, -0.2) is 30.6 Å². The first-order chi connectivity index (χ1) is 22.5. The summed E-state index contributed by atoms with van der Waals surface area (Å²) in [5.74, 6) is -2.21. The fourth-order valence-electron chi connectivity index (χ4n) is 5.43. The van der Waals surface area contributed by atoms with Crippen molar-refractivity contribution in [2.24, 2.45) is 5.92 Å². The third kappa shape index (κ3) is 8.67. The Morgan fingerprint density at radius 1 is 0.957 bits per heavy atom. The van der Waals surface area contributed by atoms with Gasteiger partial charge in [-0.2, -0.15) is 13.2 Å². The van der Waals surface area contributed by atoms with Gasteiger partial charge in [-0.15, -0.1) is 0 Å². The summed E-state index contributed by atoms with van der Waals surface area (Å²) < 4.78 is 65.7. The van der Waals surface area contributed by atoms with Crippen molar-refractivity contribution in [1.29, 1.82) is 0 Å². The number of alkyl halides is 3. The second kappa shape index (κ2) is 15.3. The van der Waals surface area contributed by atoms with Crippen LogP contribution in [-0.2, 0) is 12.7 Å². The van der Waals surface area contributed by atoms with Crippen molar-refractivity contribution in [3.8, 4) is 23.0 Å². The summed E-state index contributed by atoms with van der Waals surface area (Å²) in [5.41, 5.74) is -0.935. The SMILES string of the molecule is CCCCCCOc1ccc(C(=O)Oc2ccc3c(=O)c(Oc4ccc(Cl)cc4)c(C(F)(F)F)oc3c2CN2CCC(C)CC2)cc1. The molecule has 0 atom stereocenters. The lowest BCUT2D eigenvalue weighted by atomic mass is 9.98. The second-order valence-electron chi connectivity index (χ2n) is 11.8. The van der Waals surface area contributed by atoms with Gasteiger partial charge in [-0.05, 0) is 98.9 Å². The summed E-state index contributed by atoms with van der Waals surface area (Å²) in [7, 11) is 0. The first-order valence-corrected chi connectivity index (χ1v) is 16.2. The van der Waals surface area contributed by atoms with E-state index in [9.17, 15) is 22.8 Å². The number of carbonyl (C=O) groups is 1. The maximum Gasteiger partial charge on any atom is 0.453 e. The molecule has 1 saturated heterocycles. The van der Waals surface area contributed by atoms with Crippen LogP contribution in [0.4, 0.5) is 13.2 Å². The smallest absolute Gasteiger partial charge is 0.453 e. The first-order valence-electron chi connectivity index (χ1n) is 15.8. The molecule has 4 aromatic rings. The Bertz CT molecular complexity index is 1730. The van der Waals surface area contributed by atoms with Crippen molar-refractivity contribution in [3.05, 3.63) is 92.8 Å². The zero-order valence-corrected chi connectivity index (χ0v) is 27.1. The van der Waals surface area contributed by atoms with Crippen LogP contribution in [0.15, 0.2) is 69.9 Å². The summed E-state index contributed by atoms with van der Waals surface area (Å²) >= 11 is 5.90. The Morgan fingerprint density at radius 2 is 1.64 bits per heavy atom. The summed E-state index contributed by atoms with van der Waals surface area (Å²) in [6.07, 6.45) is 0.988. The normalized spacial score (nSPS) is 14.3. The number of benzene rings is 3. The van der Waals surface area contributed by atoms with Crippen LogP contribution in [0.1, 0.15) is 74.1 Å². The molecule has 0 aliphatic carbocycles. The molecule has 3 aromatic carbocycles. The van der Waals surface area contributed by atoms with Crippen LogP contribution in [0.5, 0.6) is 23.0 Å². The Morgan fingerprint density at radius 3 is 2.30 bits per heavy atom. The van der Waals surface area contributed by atoms with Gasteiger partial charge in [0, 0.05) is 11.6 Å². The number of unbranched alkanes of at least 4 members (excludes halogenated alkanes) is 3. The van der Waals surface area contributed by atoms with Gasteiger partial charge >= 0.3 is 12.1 Å². The first kappa shape index (κ1) is 34.3. The highest BCUT2D eigenvalue weighted by Crippen LogP contribution is 2.41. The number of nitrogens with zero attached hydrogens (tertiary/aromatic N) is 1. The largest absolute Gasteiger partial charge is 0.494 e. The van der Waals surface area contributed by atoms with Gasteiger partial charge in [-0.25, -0.2) is 4.79 Å². The molecule has 0 bridgehead atoms. The average molecular weight is 672 g/mol. The minimum absolute atomic E-state index is 0.0000155. The number of hydrogen-bond acceptors (Lipinski definition) is 7. The van der Waals surface area contributed by atoms with Crippen LogP contribution in [0.3, 0.4) is 0 Å². The molecule has 5 rings (SSSR count). The van der Waals surface area contributed by atoms with E-state index in [1.54, 1.807) is 24.3 Å². The molecule has 47 heavy (non-hydrogen) atoms. The number of esters is 1. The molecule has 1 aliphatic rings. The van der Waals surface area contributed by atoms with E-state index in [1.807, 2.05) is 4.90 Å². The Labute approximate surface area is 276 Å². The third-order valence-corrected chi connectivity index (χ3v) is 8.44. The number of likely N-dealkylation sites (tertiary alicyclic amines) is 1. The minimum atomic E-state index is -5.07. The van der Waals surface area contributed by atoms with E-state index in [-0.39, 0.29) is 40.1 Å². The Balaban J connectivity index is 1.50. The molecule has 1 aromatic heterocycles. The molecule has 2 heterocycles. The van der Waals surface area contributed by atoms with E-state index in [1.165, 1.54) is 36.4 Å². The highest BCUT2D eigenvalue weighted by Gasteiger charge is 2.41. The predicted molar refractivity (Wildman–Crippen MR) is 174 cm³/mol. The molecule has 0 saturated carbocycles. The zero-order valence-electron chi connectivity index (χ0n) is 26.3. The zero-order chi connectivity index (χ0) is 33.6. The number of hydrogen-bond donors (Lipinski definition) is 0. The molecule has 0 amide bonds. The topological polar surface area (TPSA) is 78.2 Å². The molecule has 1 aliphatic heterocycles. The Kier molecular flexibility index (Phi) is 11.1. The molecule has 1 fully saturated rings. The number of rotatable bonds is 12. The number of halogens is 4. The average Bonchev–Trinajstić information content (AvgIpc) is 3.05. The molecular formula is C36H37ClF3NO6. The molecule has 250 valence electrons. The summed E-state index contributed by atoms with van der Waals surface area (Å²) in [6, 6.07) is 14.7. The third-order valence-electron chi connectivity index (χ3n) is 8.19. The van der Waals surface area contributed by atoms with Gasteiger partial charge < -0.3 is 18.6 Å². The van der Waals surface area contributed by atoms with Crippen LogP contribution in [0, 0.1) is 5.92 Å². The van der Waals surface area contributed by atoms with E-state index in [2.05, 4.69) is 13.8 Å². The van der Waals surface area contributed by atoms with Gasteiger partial charge in [0.15, 0.2) is 0 Å². The molecule has 0 N–H and O–H groups in total. The van der Waals surface area contributed by atoms with Gasteiger partial charge in [0.2, 0.25) is 11.2 Å². The monoisotopic (exact) mass is 671 g/mol. The fraction of sp³-hybridized carbons (Fsp3) is 0.389. The van der Waals surface area contributed by atoms with E-state index in [0.29, 0.717) is 36.4 Å². The van der Waals surface area contributed by atoms with E-state index >= 15 is 0 Å². The van der Waals surface area contributed by atoms with Crippen LogP contribution in [0.25, 0.3) is 11.0 Å². The van der Waals surface area contributed by atoms with Crippen molar-refractivity contribution in [3.63, 3.8) is 0 Å². The lowest BCUT2D eigenvalue weighted by Crippen LogP contribution is -2.32. The van der Waals surface area contributed by atoms with Crippen molar-refractivity contribution >= 4 is 28.5 Å². The molecular weight excluding hydrogens is 635 g/mol. The van der Waals surface area contributed by atoms with Crippen LogP contribution >= 0.6 is 11.6 Å². The second-order valence-corrected chi connectivity index (χ2v) is 12.3. The van der Waals surface area contributed by atoms with Crippen molar-refractivity contribution in [1.82, 2.24) is 4.90 Å². The van der Waals surface area contributed by atoms with Crippen LogP contribution < -0.4 is 19.6 Å². The molecule has 0 spiro atoms. The lowest BCUT2D eigenvalue weighted by Gasteiger charge is -2.30. The quantitative estimate of drug-likeness (QED) is 0.0843. The number of piperidine rings is 1. The standard InChI is InChI=1S/C36H37ClF3NO6/c1-3-4-5-6-21-44-26-11-7-24(8-12-26)35(43)46-30-16-15-28-31(42)33(45-27-13-9-25(37)10-14-27)34(36(38,39)40)47-32(28)29(30)22-41-19-17-23(2)18-20-41/h7-16,23H,3-6,17-22H2,1-2H3. The molecule has 7 nitrogen and oxygen atoms in total. The highest BCUT2D eigenvalue weighted by molar-refractivity contribution is 6.30. The van der Waals surface area contributed by atoms with E-state index in [4.69, 9.17) is 30.2 Å². The minimum Gasteiger partial charge on any atom is -0.494 e. The summed E-state index contributed by atoms with van der Waals surface area (Å²) in [6.45, 7) is 6.31. The Hall–Kier alpha value is -4.02. The highest BCUT2D eigenvalue weighted by atomic mass is 35.5. The number of ether oxygens (including phenoxy) is 3. The fourth-order valence-corrected chi connectivity index (χ4v) is 5.56. The van der Waals surface area contributed by atoms with Gasteiger partial charge in [-0.3, -0.25) is 9.69 Å². The van der Waals surface area contributed by atoms with Crippen molar-refractivity contribution in [2.75, 3.05) is 19.7 Å². The van der Waals surface area contributed by atoms with Gasteiger partial charge in [0.1, 0.15) is 22.8 Å². The maximum atomic E-state index is 14.4. The van der Waals surface area contributed by atoms with Gasteiger partial charge in [0.25, 0.3) is 5.76 Å².